The predicted octanol–water partition coefficient (Wildman–Crippen LogP) is 0.280. The van der Waals surface area contributed by atoms with E-state index < -0.39 is 27.2 Å². The van der Waals surface area contributed by atoms with E-state index in [2.05, 4.69) is 4.74 Å². The lowest BCUT2D eigenvalue weighted by atomic mass is 10.3. The van der Waals surface area contributed by atoms with Gasteiger partial charge in [-0.2, -0.15) is 0 Å². The normalized spacial score (nSPS) is 16.7. The predicted molar refractivity (Wildman–Crippen MR) is 41.0 cm³/mol. The maximum atomic E-state index is 13.1. The molecule has 0 amide bonds. The van der Waals surface area contributed by atoms with Crippen LogP contribution in [0, 0.1) is 0 Å². The number of hydrogen-bond donors (Lipinski definition) is 0. The van der Waals surface area contributed by atoms with E-state index in [4.69, 9.17) is 0 Å². The molecule has 1 atom stereocenters. The molecule has 1 unspecified atom stereocenters. The summed E-state index contributed by atoms with van der Waals surface area (Å²) in [4.78, 5) is 10.5. The molecule has 0 aromatic rings. The fraction of sp³-hybridized carbons (Fsp3) is 0.833. The number of alkyl halides is 1. The Morgan fingerprint density at radius 3 is 2.25 bits per heavy atom. The molecule has 72 valence electrons. The van der Waals surface area contributed by atoms with E-state index in [1.165, 1.54) is 0 Å². The zero-order valence-electron chi connectivity index (χ0n) is 7.13. The van der Waals surface area contributed by atoms with Crippen molar-refractivity contribution in [1.82, 2.24) is 0 Å². The van der Waals surface area contributed by atoms with Gasteiger partial charge in [0.05, 0.1) is 13.5 Å². The molecule has 0 fully saturated rings. The van der Waals surface area contributed by atoms with E-state index in [9.17, 15) is 17.6 Å². The smallest absolute Gasteiger partial charge is 0.309 e. The first-order valence-electron chi connectivity index (χ1n) is 3.16. The van der Waals surface area contributed by atoms with Gasteiger partial charge in [-0.05, 0) is 6.92 Å². The Labute approximate surface area is 70.6 Å². The van der Waals surface area contributed by atoms with Crippen LogP contribution in [0.25, 0.3) is 0 Å². The molecule has 0 aliphatic rings. The number of rotatable bonds is 3. The van der Waals surface area contributed by atoms with Crippen LogP contribution < -0.4 is 0 Å². The molecule has 0 heterocycles. The van der Waals surface area contributed by atoms with Gasteiger partial charge < -0.3 is 4.74 Å². The van der Waals surface area contributed by atoms with Gasteiger partial charge in [-0.15, -0.1) is 0 Å². The lowest BCUT2D eigenvalue weighted by molar-refractivity contribution is -0.142. The summed E-state index contributed by atoms with van der Waals surface area (Å²) in [6.45, 7) is 0.833. The van der Waals surface area contributed by atoms with Crippen molar-refractivity contribution < 1.29 is 22.3 Å². The van der Waals surface area contributed by atoms with Crippen molar-refractivity contribution in [2.24, 2.45) is 0 Å². The minimum atomic E-state index is -3.88. The highest BCUT2D eigenvalue weighted by atomic mass is 32.2. The largest absolute Gasteiger partial charge is 0.469 e. The topological polar surface area (TPSA) is 60.4 Å². The Kier molecular flexibility index (Phi) is 3.20. The van der Waals surface area contributed by atoms with Gasteiger partial charge in [0.25, 0.3) is 0 Å². The Balaban J connectivity index is 4.56. The van der Waals surface area contributed by atoms with E-state index in [0.29, 0.717) is 0 Å². The number of carbonyl (C=O) groups excluding carboxylic acids is 1. The van der Waals surface area contributed by atoms with Crippen molar-refractivity contribution in [3.05, 3.63) is 0 Å². The van der Waals surface area contributed by atoms with E-state index in [0.717, 1.165) is 20.3 Å². The Morgan fingerprint density at radius 1 is 1.58 bits per heavy atom. The lowest BCUT2D eigenvalue weighted by Gasteiger charge is -2.15. The number of sulfone groups is 1. The second-order valence-electron chi connectivity index (χ2n) is 2.63. The van der Waals surface area contributed by atoms with Crippen LogP contribution in [0.3, 0.4) is 0 Å². The van der Waals surface area contributed by atoms with Gasteiger partial charge >= 0.3 is 5.97 Å². The van der Waals surface area contributed by atoms with Crippen LogP contribution in [0.15, 0.2) is 0 Å². The summed E-state index contributed by atoms with van der Waals surface area (Å²) in [5.74, 6) is -0.884. The first-order chi connectivity index (χ1) is 5.20. The first kappa shape index (κ1) is 11.4. The van der Waals surface area contributed by atoms with Crippen LogP contribution in [0.4, 0.5) is 4.39 Å². The number of hydrogen-bond acceptors (Lipinski definition) is 4. The van der Waals surface area contributed by atoms with Gasteiger partial charge in [0.2, 0.25) is 5.00 Å². The summed E-state index contributed by atoms with van der Waals surface area (Å²) < 4.78 is 38.7. The zero-order chi connectivity index (χ0) is 9.99. The van der Waals surface area contributed by atoms with Crippen molar-refractivity contribution in [3.8, 4) is 0 Å². The van der Waals surface area contributed by atoms with Gasteiger partial charge in [0.1, 0.15) is 0 Å². The summed E-state index contributed by atoms with van der Waals surface area (Å²) in [5.41, 5.74) is 0. The third kappa shape index (κ3) is 2.77. The molecule has 0 spiro atoms. The van der Waals surface area contributed by atoms with Gasteiger partial charge in [-0.1, -0.05) is 0 Å². The van der Waals surface area contributed by atoms with Gasteiger partial charge in [0.15, 0.2) is 9.84 Å². The Hall–Kier alpha value is -0.650. The molecule has 0 radical (unpaired) electrons. The molecule has 0 N–H and O–H groups in total. The first-order valence-corrected chi connectivity index (χ1v) is 5.05. The maximum Gasteiger partial charge on any atom is 0.309 e. The highest BCUT2D eigenvalue weighted by molar-refractivity contribution is 7.91. The van der Waals surface area contributed by atoms with Crippen molar-refractivity contribution in [3.63, 3.8) is 0 Å². The third-order valence-corrected chi connectivity index (χ3v) is 3.15. The molecule has 0 aliphatic carbocycles. The fourth-order valence-electron chi connectivity index (χ4n) is 0.461. The molecule has 0 saturated heterocycles. The van der Waals surface area contributed by atoms with Crippen LogP contribution in [0.1, 0.15) is 13.3 Å². The van der Waals surface area contributed by atoms with Crippen LogP contribution in [0.5, 0.6) is 0 Å². The van der Waals surface area contributed by atoms with Gasteiger partial charge in [-0.3, -0.25) is 4.79 Å². The minimum Gasteiger partial charge on any atom is -0.469 e. The molecule has 0 aromatic heterocycles. The number of ether oxygens (including phenoxy) is 1. The van der Waals surface area contributed by atoms with E-state index in [1.54, 1.807) is 0 Å². The SMILES string of the molecule is COC(=O)CC(C)(F)S(C)(=O)=O. The summed E-state index contributed by atoms with van der Waals surface area (Å²) in [7, 11) is -2.80. The second kappa shape index (κ2) is 3.38. The van der Waals surface area contributed by atoms with E-state index in [-0.39, 0.29) is 0 Å². The molecule has 0 rings (SSSR count). The quantitative estimate of drug-likeness (QED) is 0.611. The Bertz CT molecular complexity index is 267. The summed E-state index contributed by atoms with van der Waals surface area (Å²) in [6.07, 6.45) is -0.0434. The monoisotopic (exact) mass is 198 g/mol. The van der Waals surface area contributed by atoms with Gasteiger partial charge in [0, 0.05) is 6.26 Å². The van der Waals surface area contributed by atoms with Crippen molar-refractivity contribution in [1.29, 1.82) is 0 Å². The average Bonchev–Trinajstić information content (AvgIpc) is 1.84. The zero-order valence-corrected chi connectivity index (χ0v) is 7.94. The molecule has 4 nitrogen and oxygen atoms in total. The standard InChI is InChI=1S/C6H11FO4S/c1-6(7,12(3,9)10)4-5(8)11-2/h4H2,1-3H3. The highest BCUT2D eigenvalue weighted by Crippen LogP contribution is 2.22. The minimum absolute atomic E-state index is 0.732. The fourth-order valence-corrected chi connectivity index (χ4v) is 0.841. The highest BCUT2D eigenvalue weighted by Gasteiger charge is 2.38. The van der Waals surface area contributed by atoms with Crippen molar-refractivity contribution in [2.45, 2.75) is 18.3 Å². The lowest BCUT2D eigenvalue weighted by Crippen LogP contribution is -2.32. The molecule has 0 bridgehead atoms. The third-order valence-electron chi connectivity index (χ3n) is 1.46. The molecule has 12 heavy (non-hydrogen) atoms. The van der Waals surface area contributed by atoms with Crippen molar-refractivity contribution >= 4 is 15.8 Å². The van der Waals surface area contributed by atoms with Crippen LogP contribution in [-0.2, 0) is 19.4 Å². The molecule has 0 saturated carbocycles. The molecule has 0 aromatic carbocycles. The number of methoxy groups -OCH3 is 1. The second-order valence-corrected chi connectivity index (χ2v) is 5.02. The molecule has 0 aliphatic heterocycles. The number of carbonyl (C=O) groups is 1. The Morgan fingerprint density at radius 2 is 2.00 bits per heavy atom. The van der Waals surface area contributed by atoms with Crippen LogP contribution in [-0.4, -0.2) is 32.8 Å². The number of halogens is 1. The number of esters is 1. The van der Waals surface area contributed by atoms with Crippen LogP contribution >= 0.6 is 0 Å². The van der Waals surface area contributed by atoms with E-state index >= 15 is 0 Å². The summed E-state index contributed by atoms with van der Waals surface area (Å²) in [6, 6.07) is 0. The maximum absolute atomic E-state index is 13.1. The molecular formula is C6H11FO4S. The summed E-state index contributed by atoms with van der Waals surface area (Å²) >= 11 is 0. The molecular weight excluding hydrogens is 187 g/mol. The molecule has 6 heteroatoms. The van der Waals surface area contributed by atoms with Crippen LogP contribution in [0.2, 0.25) is 0 Å². The summed E-state index contributed by atoms with van der Waals surface area (Å²) in [5, 5.41) is -2.54. The van der Waals surface area contributed by atoms with E-state index in [1.807, 2.05) is 0 Å². The van der Waals surface area contributed by atoms with Crippen molar-refractivity contribution in [2.75, 3.05) is 13.4 Å². The van der Waals surface area contributed by atoms with Gasteiger partial charge in [-0.25, -0.2) is 12.8 Å². The average molecular weight is 198 g/mol.